The number of nitrogen functional groups attached to an aromatic ring is 1. The van der Waals surface area contributed by atoms with E-state index in [1.54, 1.807) is 12.1 Å². The van der Waals surface area contributed by atoms with Gasteiger partial charge in [-0.15, -0.1) is 0 Å². The van der Waals surface area contributed by atoms with E-state index in [0.29, 0.717) is 5.56 Å². The van der Waals surface area contributed by atoms with Crippen LogP contribution in [-0.4, -0.2) is 79.6 Å². The van der Waals surface area contributed by atoms with E-state index in [0.717, 1.165) is 16.5 Å². The standard InChI is InChI=1S/C23H24N6O5/c1-28(2)14-8-4-5-11-12(14)6-3-7-13(11)17(31)21-26-20(24)16-22(27-21)29(10-25-16)23-19(33)18(32)15(9-30)34-23/h3-8,10,15,18-19,23,30,32-33H,9H2,1-2H3,(H2,24,26,27)/t15-,18?,19?,23-/m1/s1. The summed E-state index contributed by atoms with van der Waals surface area (Å²) in [5.41, 5.74) is 7.87. The summed E-state index contributed by atoms with van der Waals surface area (Å²) < 4.78 is 6.96. The Morgan fingerprint density at radius 1 is 1.12 bits per heavy atom. The fourth-order valence-electron chi connectivity index (χ4n) is 4.34. The zero-order valence-corrected chi connectivity index (χ0v) is 18.5. The van der Waals surface area contributed by atoms with Gasteiger partial charge in [-0.25, -0.2) is 15.0 Å². The minimum Gasteiger partial charge on any atom is -0.394 e. The number of aliphatic hydroxyl groups excluding tert-OH is 3. The van der Waals surface area contributed by atoms with Crippen LogP contribution in [0.3, 0.4) is 0 Å². The van der Waals surface area contributed by atoms with E-state index in [4.69, 9.17) is 10.5 Å². The van der Waals surface area contributed by atoms with E-state index in [1.165, 1.54) is 10.9 Å². The highest BCUT2D eigenvalue weighted by molar-refractivity contribution is 6.16. The predicted molar refractivity (Wildman–Crippen MR) is 124 cm³/mol. The Labute approximate surface area is 194 Å². The maximum Gasteiger partial charge on any atom is 0.231 e. The fourth-order valence-corrected chi connectivity index (χ4v) is 4.34. The Hall–Kier alpha value is -3.64. The quantitative estimate of drug-likeness (QED) is 0.306. The average Bonchev–Trinajstić information content (AvgIpc) is 3.38. The Bertz CT molecular complexity index is 1400. The third-order valence-corrected chi connectivity index (χ3v) is 6.07. The number of hydrogen-bond acceptors (Lipinski definition) is 10. The number of aliphatic hydroxyl groups is 3. The first kappa shape index (κ1) is 22.2. The average molecular weight is 464 g/mol. The molecule has 0 bridgehead atoms. The van der Waals surface area contributed by atoms with E-state index in [-0.39, 0.29) is 22.8 Å². The van der Waals surface area contributed by atoms with Crippen LogP contribution in [0, 0.1) is 0 Å². The molecule has 4 atom stereocenters. The Balaban J connectivity index is 1.61. The lowest BCUT2D eigenvalue weighted by Crippen LogP contribution is -2.33. The van der Waals surface area contributed by atoms with E-state index < -0.39 is 36.9 Å². The Kier molecular flexibility index (Phi) is 5.41. The normalized spacial score (nSPS) is 22.5. The molecule has 0 radical (unpaired) electrons. The third-order valence-electron chi connectivity index (χ3n) is 6.07. The molecule has 176 valence electrons. The van der Waals surface area contributed by atoms with Gasteiger partial charge in [0, 0.05) is 30.7 Å². The van der Waals surface area contributed by atoms with Crippen LogP contribution in [0.25, 0.3) is 21.9 Å². The molecule has 2 aromatic carbocycles. The summed E-state index contributed by atoms with van der Waals surface area (Å²) >= 11 is 0. The molecular formula is C23H24N6O5. The Morgan fingerprint density at radius 2 is 1.85 bits per heavy atom. The van der Waals surface area contributed by atoms with Crippen molar-refractivity contribution in [3.05, 3.63) is 54.1 Å². The minimum atomic E-state index is -1.34. The zero-order valence-electron chi connectivity index (χ0n) is 18.5. The van der Waals surface area contributed by atoms with Gasteiger partial charge >= 0.3 is 0 Å². The van der Waals surface area contributed by atoms with Gasteiger partial charge in [-0.3, -0.25) is 9.36 Å². The van der Waals surface area contributed by atoms with Crippen molar-refractivity contribution >= 4 is 39.2 Å². The van der Waals surface area contributed by atoms with Crippen molar-refractivity contribution in [2.45, 2.75) is 24.5 Å². The first-order valence-electron chi connectivity index (χ1n) is 10.7. The van der Waals surface area contributed by atoms with Crippen LogP contribution >= 0.6 is 0 Å². The highest BCUT2D eigenvalue weighted by atomic mass is 16.6. The molecule has 34 heavy (non-hydrogen) atoms. The number of nitrogens with two attached hydrogens (primary N) is 1. The number of benzene rings is 2. The maximum absolute atomic E-state index is 13.5. The van der Waals surface area contributed by atoms with E-state index >= 15 is 0 Å². The van der Waals surface area contributed by atoms with E-state index in [1.807, 2.05) is 43.3 Å². The molecule has 1 fully saturated rings. The SMILES string of the molecule is CN(C)c1cccc2c(C(=O)c3nc(N)c4ncn([C@@H]5O[C@H](CO)C(O)C5O)c4n3)cccc12. The molecule has 0 saturated carbocycles. The molecular weight excluding hydrogens is 440 g/mol. The monoisotopic (exact) mass is 464 g/mol. The van der Waals surface area contributed by atoms with Crippen molar-refractivity contribution in [3.63, 3.8) is 0 Å². The molecule has 0 amide bonds. The number of ether oxygens (including phenoxy) is 1. The minimum absolute atomic E-state index is 0.00643. The number of imidazole rings is 1. The molecule has 2 unspecified atom stereocenters. The van der Waals surface area contributed by atoms with Crippen LogP contribution in [0.5, 0.6) is 0 Å². The molecule has 3 heterocycles. The first-order chi connectivity index (χ1) is 16.3. The lowest BCUT2D eigenvalue weighted by Gasteiger charge is -2.17. The van der Waals surface area contributed by atoms with Gasteiger partial charge in [0.2, 0.25) is 11.6 Å². The van der Waals surface area contributed by atoms with Gasteiger partial charge in [0.15, 0.2) is 17.7 Å². The van der Waals surface area contributed by atoms with Gasteiger partial charge in [-0.05, 0) is 11.5 Å². The van der Waals surface area contributed by atoms with Gasteiger partial charge in [0.05, 0.1) is 12.9 Å². The summed E-state index contributed by atoms with van der Waals surface area (Å²) in [6, 6.07) is 11.2. The lowest BCUT2D eigenvalue weighted by atomic mass is 9.99. The molecule has 1 saturated heterocycles. The third kappa shape index (κ3) is 3.37. The van der Waals surface area contributed by atoms with Crippen molar-refractivity contribution in [3.8, 4) is 0 Å². The van der Waals surface area contributed by atoms with Crippen LogP contribution in [0.15, 0.2) is 42.7 Å². The Morgan fingerprint density at radius 3 is 2.56 bits per heavy atom. The number of hydrogen-bond donors (Lipinski definition) is 4. The predicted octanol–water partition coefficient (Wildman–Crippen LogP) is 0.470. The van der Waals surface area contributed by atoms with Crippen LogP contribution < -0.4 is 10.6 Å². The topological polar surface area (TPSA) is 160 Å². The van der Waals surface area contributed by atoms with Crippen molar-refractivity contribution in [2.75, 3.05) is 31.3 Å². The second-order valence-corrected chi connectivity index (χ2v) is 8.39. The number of rotatable bonds is 5. The summed E-state index contributed by atoms with van der Waals surface area (Å²) in [7, 11) is 3.86. The van der Waals surface area contributed by atoms with Crippen LogP contribution in [0.4, 0.5) is 11.5 Å². The zero-order chi connectivity index (χ0) is 24.1. The number of anilines is 2. The van der Waals surface area contributed by atoms with Gasteiger partial charge in [-0.1, -0.05) is 30.3 Å². The molecule has 2 aromatic heterocycles. The van der Waals surface area contributed by atoms with Crippen LogP contribution in [0.1, 0.15) is 22.4 Å². The molecule has 11 heteroatoms. The number of nitrogens with zero attached hydrogens (tertiary/aromatic N) is 5. The second kappa shape index (κ2) is 8.29. The van der Waals surface area contributed by atoms with E-state index in [2.05, 4.69) is 15.0 Å². The molecule has 0 spiro atoms. The number of fused-ring (bicyclic) bond motifs is 2. The summed E-state index contributed by atoms with van der Waals surface area (Å²) in [6.45, 7) is -0.474. The van der Waals surface area contributed by atoms with E-state index in [9.17, 15) is 20.1 Å². The second-order valence-electron chi connectivity index (χ2n) is 8.39. The summed E-state index contributed by atoms with van der Waals surface area (Å²) in [5.74, 6) is -0.571. The maximum atomic E-state index is 13.5. The number of aromatic nitrogens is 4. The molecule has 0 aliphatic carbocycles. The molecule has 1 aliphatic heterocycles. The van der Waals surface area contributed by atoms with Gasteiger partial charge in [0.25, 0.3) is 0 Å². The molecule has 1 aliphatic rings. The summed E-state index contributed by atoms with van der Waals surface area (Å²) in [6.07, 6.45) is -3.35. The van der Waals surface area contributed by atoms with Crippen molar-refractivity contribution < 1.29 is 24.9 Å². The first-order valence-corrected chi connectivity index (χ1v) is 10.7. The summed E-state index contributed by atoms with van der Waals surface area (Å²) in [5, 5.41) is 31.6. The smallest absolute Gasteiger partial charge is 0.231 e. The highest BCUT2D eigenvalue weighted by Crippen LogP contribution is 2.33. The molecule has 5 rings (SSSR count). The van der Waals surface area contributed by atoms with Crippen LogP contribution in [-0.2, 0) is 4.74 Å². The molecule has 11 nitrogen and oxygen atoms in total. The van der Waals surface area contributed by atoms with Crippen LogP contribution in [0.2, 0.25) is 0 Å². The number of carbonyl (C=O) groups is 1. The van der Waals surface area contributed by atoms with Gasteiger partial charge in [0.1, 0.15) is 23.8 Å². The molecule has 5 N–H and O–H groups in total. The highest BCUT2D eigenvalue weighted by Gasteiger charge is 2.44. The number of ketones is 1. The number of carbonyl (C=O) groups excluding carboxylic acids is 1. The molecule has 4 aromatic rings. The van der Waals surface area contributed by atoms with Gasteiger partial charge in [-0.2, -0.15) is 0 Å². The largest absolute Gasteiger partial charge is 0.394 e. The van der Waals surface area contributed by atoms with Gasteiger partial charge < -0.3 is 30.7 Å². The fraction of sp³-hybridized carbons (Fsp3) is 0.304. The lowest BCUT2D eigenvalue weighted by molar-refractivity contribution is -0.0511. The van der Waals surface area contributed by atoms with Crippen molar-refractivity contribution in [1.29, 1.82) is 0 Å². The summed E-state index contributed by atoms with van der Waals surface area (Å²) in [4.78, 5) is 28.3. The van der Waals surface area contributed by atoms with Crippen molar-refractivity contribution in [2.24, 2.45) is 0 Å². The van der Waals surface area contributed by atoms with Crippen molar-refractivity contribution in [1.82, 2.24) is 19.5 Å².